The zero-order chi connectivity index (χ0) is 17.4. The molecule has 0 unspecified atom stereocenters. The van der Waals surface area contributed by atoms with E-state index in [9.17, 15) is 5.11 Å². The van der Waals surface area contributed by atoms with Crippen LogP contribution in [0, 0.1) is 12.3 Å². The lowest BCUT2D eigenvalue weighted by molar-refractivity contribution is -0.0656. The summed E-state index contributed by atoms with van der Waals surface area (Å²) in [5, 5.41) is 11.5. The number of hydrogen-bond acceptors (Lipinski definition) is 4. The number of ether oxygens (including phenoxy) is 1. The Balaban J connectivity index is 1.66. The lowest BCUT2D eigenvalue weighted by Crippen LogP contribution is -2.53. The molecule has 1 aromatic rings. The van der Waals surface area contributed by atoms with Crippen molar-refractivity contribution in [2.75, 3.05) is 45.9 Å². The molecule has 3 aliphatic rings. The first-order valence-corrected chi connectivity index (χ1v) is 10.4. The summed E-state index contributed by atoms with van der Waals surface area (Å²) in [6.45, 7) is 9.13. The van der Waals surface area contributed by atoms with Gasteiger partial charge in [-0.05, 0) is 92.4 Å². The predicted molar refractivity (Wildman–Crippen MR) is 103 cm³/mol. The maximum atomic E-state index is 11.5. The molecule has 0 aromatic heterocycles. The first kappa shape index (κ1) is 17.8. The molecule has 3 aliphatic heterocycles. The number of halogens is 1. The second kappa shape index (κ2) is 7.18. The van der Waals surface area contributed by atoms with Crippen LogP contribution in [0.2, 0.25) is 0 Å². The number of rotatable bonds is 4. The molecule has 4 nitrogen and oxygen atoms in total. The van der Waals surface area contributed by atoms with Crippen molar-refractivity contribution >= 4 is 15.9 Å². The van der Waals surface area contributed by atoms with Gasteiger partial charge in [-0.2, -0.15) is 0 Å². The average molecular weight is 409 g/mol. The molecular formula is C20H29BrN2O2. The van der Waals surface area contributed by atoms with Crippen LogP contribution in [0.5, 0.6) is 5.75 Å². The number of fused-ring (bicyclic) bond motifs is 1. The van der Waals surface area contributed by atoms with Gasteiger partial charge in [-0.15, -0.1) is 0 Å². The Kier molecular flexibility index (Phi) is 5.11. The third-order valence-electron chi connectivity index (χ3n) is 6.07. The van der Waals surface area contributed by atoms with Crippen LogP contribution in [0.3, 0.4) is 0 Å². The average Bonchev–Trinajstić information content (AvgIpc) is 3.25. The first-order valence-electron chi connectivity index (χ1n) is 9.63. The van der Waals surface area contributed by atoms with Gasteiger partial charge >= 0.3 is 0 Å². The SMILES string of the molecule is Cc1cc(Br)c2c(c1)[C@@H](O)C(CN1CCCC1)(CN1CCCC1)CO2. The van der Waals surface area contributed by atoms with Crippen molar-refractivity contribution in [1.29, 1.82) is 0 Å². The van der Waals surface area contributed by atoms with E-state index in [0.29, 0.717) is 6.61 Å². The summed E-state index contributed by atoms with van der Waals surface area (Å²) in [7, 11) is 0. The maximum Gasteiger partial charge on any atom is 0.139 e. The Morgan fingerprint density at radius 2 is 1.64 bits per heavy atom. The molecule has 0 radical (unpaired) electrons. The summed E-state index contributed by atoms with van der Waals surface area (Å²) in [6.07, 6.45) is 4.63. The van der Waals surface area contributed by atoms with E-state index in [-0.39, 0.29) is 5.41 Å². The lowest BCUT2D eigenvalue weighted by Gasteiger charge is -2.46. The van der Waals surface area contributed by atoms with E-state index < -0.39 is 6.10 Å². The lowest BCUT2D eigenvalue weighted by atomic mass is 9.76. The van der Waals surface area contributed by atoms with Crippen molar-refractivity contribution in [2.24, 2.45) is 5.41 Å². The van der Waals surface area contributed by atoms with Crippen LogP contribution in [-0.2, 0) is 0 Å². The highest BCUT2D eigenvalue weighted by atomic mass is 79.9. The number of aliphatic hydroxyl groups excluding tert-OH is 1. The van der Waals surface area contributed by atoms with Crippen molar-refractivity contribution in [3.63, 3.8) is 0 Å². The standard InChI is InChI=1S/C20H29BrN2O2/c1-15-10-16-18(17(21)11-15)25-14-20(19(16)24,12-22-6-2-3-7-22)13-23-8-4-5-9-23/h10-11,19,24H,2-9,12-14H2,1H3/t19-/m1/s1. The minimum atomic E-state index is -0.478. The van der Waals surface area contributed by atoms with Gasteiger partial charge in [0.2, 0.25) is 0 Å². The largest absolute Gasteiger partial charge is 0.491 e. The van der Waals surface area contributed by atoms with E-state index in [1.165, 1.54) is 25.7 Å². The van der Waals surface area contributed by atoms with Crippen molar-refractivity contribution in [2.45, 2.75) is 38.7 Å². The van der Waals surface area contributed by atoms with Gasteiger partial charge in [-0.25, -0.2) is 0 Å². The number of benzene rings is 1. The van der Waals surface area contributed by atoms with Crippen LogP contribution >= 0.6 is 15.9 Å². The van der Waals surface area contributed by atoms with Gasteiger partial charge in [0.15, 0.2) is 0 Å². The Bertz CT molecular complexity index is 606. The fourth-order valence-corrected chi connectivity index (χ4v) is 5.53. The van der Waals surface area contributed by atoms with Crippen LogP contribution in [0.4, 0.5) is 0 Å². The molecule has 25 heavy (non-hydrogen) atoms. The molecular weight excluding hydrogens is 380 g/mol. The Labute approximate surface area is 159 Å². The monoisotopic (exact) mass is 408 g/mol. The maximum absolute atomic E-state index is 11.5. The summed E-state index contributed by atoms with van der Waals surface area (Å²) in [4.78, 5) is 5.05. The highest BCUT2D eigenvalue weighted by Gasteiger charge is 2.47. The van der Waals surface area contributed by atoms with Crippen LogP contribution in [0.1, 0.15) is 42.9 Å². The molecule has 0 aliphatic carbocycles. The second-order valence-electron chi connectivity index (χ2n) is 8.19. The Morgan fingerprint density at radius 1 is 1.08 bits per heavy atom. The number of nitrogens with zero attached hydrogens (tertiary/aromatic N) is 2. The molecule has 2 saturated heterocycles. The highest BCUT2D eigenvalue weighted by Crippen LogP contribution is 2.48. The van der Waals surface area contributed by atoms with Gasteiger partial charge in [-0.3, -0.25) is 0 Å². The molecule has 4 rings (SSSR count). The molecule has 0 bridgehead atoms. The van der Waals surface area contributed by atoms with E-state index in [1.54, 1.807) is 0 Å². The fraction of sp³-hybridized carbons (Fsp3) is 0.700. The molecule has 0 spiro atoms. The van der Waals surface area contributed by atoms with Gasteiger partial charge in [-0.1, -0.05) is 0 Å². The second-order valence-corrected chi connectivity index (χ2v) is 9.04. The summed E-state index contributed by atoms with van der Waals surface area (Å²) < 4.78 is 7.21. The van der Waals surface area contributed by atoms with Gasteiger partial charge in [0.1, 0.15) is 5.75 Å². The van der Waals surface area contributed by atoms with Crippen molar-refractivity contribution in [3.8, 4) is 5.75 Å². The molecule has 0 amide bonds. The van der Waals surface area contributed by atoms with Gasteiger partial charge < -0.3 is 19.6 Å². The van der Waals surface area contributed by atoms with E-state index in [4.69, 9.17) is 4.74 Å². The molecule has 1 N–H and O–H groups in total. The minimum absolute atomic E-state index is 0.241. The highest BCUT2D eigenvalue weighted by molar-refractivity contribution is 9.10. The zero-order valence-corrected chi connectivity index (χ0v) is 16.7. The van der Waals surface area contributed by atoms with Gasteiger partial charge in [0, 0.05) is 18.7 Å². The summed E-state index contributed by atoms with van der Waals surface area (Å²) in [5.41, 5.74) is 1.87. The van der Waals surface area contributed by atoms with E-state index in [2.05, 4.69) is 44.8 Å². The minimum Gasteiger partial charge on any atom is -0.491 e. The third-order valence-corrected chi connectivity index (χ3v) is 6.66. The summed E-state index contributed by atoms with van der Waals surface area (Å²) >= 11 is 3.62. The normalized spacial score (nSPS) is 26.6. The first-order chi connectivity index (χ1) is 12.1. The number of hydrogen-bond donors (Lipinski definition) is 1. The smallest absolute Gasteiger partial charge is 0.139 e. The number of likely N-dealkylation sites (tertiary alicyclic amines) is 2. The van der Waals surface area contributed by atoms with E-state index in [0.717, 1.165) is 60.6 Å². The molecule has 5 heteroatoms. The molecule has 1 atom stereocenters. The van der Waals surface area contributed by atoms with Gasteiger partial charge in [0.25, 0.3) is 0 Å². The zero-order valence-electron chi connectivity index (χ0n) is 15.1. The van der Waals surface area contributed by atoms with Crippen LogP contribution < -0.4 is 4.74 Å². The topological polar surface area (TPSA) is 35.9 Å². The van der Waals surface area contributed by atoms with Gasteiger partial charge in [0.05, 0.1) is 22.6 Å². The Morgan fingerprint density at radius 3 is 2.20 bits per heavy atom. The predicted octanol–water partition coefficient (Wildman–Crippen LogP) is 3.36. The van der Waals surface area contributed by atoms with E-state index >= 15 is 0 Å². The van der Waals surface area contributed by atoms with Crippen molar-refractivity contribution in [3.05, 3.63) is 27.7 Å². The van der Waals surface area contributed by atoms with Crippen LogP contribution in [-0.4, -0.2) is 60.8 Å². The molecule has 0 saturated carbocycles. The van der Waals surface area contributed by atoms with Crippen LogP contribution in [0.15, 0.2) is 16.6 Å². The molecule has 2 fully saturated rings. The molecule has 3 heterocycles. The number of aryl methyl sites for hydroxylation is 1. The Hall–Kier alpha value is -0.620. The number of aliphatic hydroxyl groups is 1. The summed E-state index contributed by atoms with van der Waals surface area (Å²) in [6, 6.07) is 4.17. The van der Waals surface area contributed by atoms with Crippen molar-refractivity contribution < 1.29 is 9.84 Å². The molecule has 138 valence electrons. The van der Waals surface area contributed by atoms with Crippen LogP contribution in [0.25, 0.3) is 0 Å². The third kappa shape index (κ3) is 3.48. The van der Waals surface area contributed by atoms with Crippen molar-refractivity contribution in [1.82, 2.24) is 9.80 Å². The van der Waals surface area contributed by atoms with E-state index in [1.807, 2.05) is 0 Å². The molecule has 1 aromatic carbocycles. The summed E-state index contributed by atoms with van der Waals surface area (Å²) in [5.74, 6) is 0.830. The quantitative estimate of drug-likeness (QED) is 0.828. The fourth-order valence-electron chi connectivity index (χ4n) is 4.82.